The molecular formula is C26H40O6Si2. The highest BCUT2D eigenvalue weighted by Crippen LogP contribution is 2.51. The predicted octanol–water partition coefficient (Wildman–Crippen LogP) is 6.75. The number of benzene rings is 1. The first-order chi connectivity index (χ1) is 15.9. The van der Waals surface area contributed by atoms with Crippen LogP contribution in [0.25, 0.3) is 0 Å². The Morgan fingerprint density at radius 1 is 0.941 bits per heavy atom. The molecule has 8 heteroatoms. The first kappa shape index (κ1) is 26.9. The van der Waals surface area contributed by atoms with Crippen molar-refractivity contribution in [2.45, 2.75) is 103 Å². The summed E-state index contributed by atoms with van der Waals surface area (Å²) in [5, 5.41) is 0. The van der Waals surface area contributed by atoms with Crippen LogP contribution >= 0.6 is 0 Å². The van der Waals surface area contributed by atoms with Crippen molar-refractivity contribution < 1.29 is 27.3 Å². The molecule has 2 aliphatic rings. The molecule has 0 bridgehead atoms. The zero-order chi connectivity index (χ0) is 25.4. The van der Waals surface area contributed by atoms with E-state index in [1.807, 2.05) is 18.2 Å². The molecule has 0 saturated carbocycles. The van der Waals surface area contributed by atoms with Crippen molar-refractivity contribution in [3.05, 3.63) is 41.0 Å². The summed E-state index contributed by atoms with van der Waals surface area (Å²) in [6.45, 7) is 19.1. The van der Waals surface area contributed by atoms with Crippen LogP contribution in [0, 0.1) is 0 Å². The van der Waals surface area contributed by atoms with Gasteiger partial charge in [0.1, 0.15) is 11.9 Å². The van der Waals surface area contributed by atoms with Crippen LogP contribution in [0.15, 0.2) is 29.8 Å². The van der Waals surface area contributed by atoms with Gasteiger partial charge in [-0.3, -0.25) is 4.79 Å². The molecule has 2 atom stereocenters. The van der Waals surface area contributed by atoms with Gasteiger partial charge in [0.2, 0.25) is 0 Å². The zero-order valence-corrected chi connectivity index (χ0v) is 24.0. The molecule has 188 valence electrons. The third kappa shape index (κ3) is 4.70. The second kappa shape index (κ2) is 10.1. The molecule has 6 nitrogen and oxygen atoms in total. The number of hydrogen-bond acceptors (Lipinski definition) is 6. The number of cyclic esters (lactones) is 1. The van der Waals surface area contributed by atoms with E-state index in [1.165, 1.54) is 0 Å². The topological polar surface area (TPSA) is 71.1 Å². The molecule has 2 heterocycles. The summed E-state index contributed by atoms with van der Waals surface area (Å²) in [7, 11) is -5.73. The minimum Gasteiger partial charge on any atom is -0.520 e. The van der Waals surface area contributed by atoms with Gasteiger partial charge in [0.15, 0.2) is 6.29 Å². The highest BCUT2D eigenvalue weighted by molar-refractivity contribution is 6.84. The van der Waals surface area contributed by atoms with Crippen molar-refractivity contribution in [2.24, 2.45) is 0 Å². The van der Waals surface area contributed by atoms with Gasteiger partial charge in [-0.15, -0.1) is 0 Å². The van der Waals surface area contributed by atoms with Gasteiger partial charge in [0.25, 0.3) is 0 Å². The molecule has 0 amide bonds. The first-order valence-electron chi connectivity index (χ1n) is 12.4. The predicted molar refractivity (Wildman–Crippen MR) is 138 cm³/mol. The monoisotopic (exact) mass is 504 g/mol. The third-order valence-corrected chi connectivity index (χ3v) is 17.3. The van der Waals surface area contributed by atoms with E-state index in [2.05, 4.69) is 55.4 Å². The average Bonchev–Trinajstić information content (AvgIpc) is 3.06. The highest BCUT2D eigenvalue weighted by atomic mass is 28.5. The Labute approximate surface area is 206 Å². The molecule has 0 spiro atoms. The average molecular weight is 505 g/mol. The molecule has 0 aliphatic carbocycles. The van der Waals surface area contributed by atoms with Crippen molar-refractivity contribution in [1.82, 2.24) is 0 Å². The number of ether oxygens (including phenoxy) is 1. The number of carbonyl (C=O) groups excluding carboxylic acids is 2. The summed E-state index contributed by atoms with van der Waals surface area (Å²) in [6, 6.07) is 5.56. The van der Waals surface area contributed by atoms with Crippen LogP contribution in [0.4, 0.5) is 0 Å². The first-order valence-corrected chi connectivity index (χ1v) is 16.4. The fraction of sp³-hybridized carbons (Fsp3) is 0.615. The Balaban J connectivity index is 2.26. The fourth-order valence-electron chi connectivity index (χ4n) is 5.26. The summed E-state index contributed by atoms with van der Waals surface area (Å²) in [4.78, 5) is 24.3. The molecular weight excluding hydrogens is 464 g/mol. The maximum absolute atomic E-state index is 12.2. The summed E-state index contributed by atoms with van der Waals surface area (Å²) < 4.78 is 27.0. The normalized spacial score (nSPS) is 23.9. The second-order valence-corrected chi connectivity index (χ2v) is 19.5. The number of aldehydes is 1. The van der Waals surface area contributed by atoms with Crippen molar-refractivity contribution in [3.8, 4) is 5.75 Å². The van der Waals surface area contributed by atoms with Crippen LogP contribution in [-0.4, -0.2) is 35.5 Å². The van der Waals surface area contributed by atoms with E-state index in [9.17, 15) is 9.59 Å². The lowest BCUT2D eigenvalue weighted by Crippen LogP contribution is -2.64. The smallest absolute Gasteiger partial charge is 0.395 e. The van der Waals surface area contributed by atoms with Crippen molar-refractivity contribution in [2.75, 3.05) is 0 Å². The minimum absolute atomic E-state index is 0.149. The second-order valence-electron chi connectivity index (χ2n) is 10.8. The fourth-order valence-corrected chi connectivity index (χ4v) is 16.2. The van der Waals surface area contributed by atoms with Crippen LogP contribution in [0.3, 0.4) is 0 Å². The lowest BCUT2D eigenvalue weighted by molar-refractivity contribution is -0.140. The van der Waals surface area contributed by atoms with Gasteiger partial charge in [0.05, 0.1) is 6.10 Å². The molecule has 1 aromatic carbocycles. The molecule has 0 aromatic heterocycles. The maximum Gasteiger partial charge on any atom is 0.395 e. The summed E-state index contributed by atoms with van der Waals surface area (Å²) in [5.41, 5.74) is 2.52. The van der Waals surface area contributed by atoms with E-state index in [1.54, 1.807) is 13.0 Å². The van der Waals surface area contributed by atoms with Gasteiger partial charge < -0.3 is 17.7 Å². The maximum atomic E-state index is 12.2. The Morgan fingerprint density at radius 3 is 2.00 bits per heavy atom. The molecule has 0 saturated heterocycles. The quantitative estimate of drug-likeness (QED) is 0.232. The lowest BCUT2D eigenvalue weighted by Gasteiger charge is -2.51. The van der Waals surface area contributed by atoms with Gasteiger partial charge in [-0.2, -0.15) is 0 Å². The van der Waals surface area contributed by atoms with Crippen molar-refractivity contribution in [1.29, 1.82) is 0 Å². The van der Waals surface area contributed by atoms with E-state index < -0.39 is 29.3 Å². The van der Waals surface area contributed by atoms with Gasteiger partial charge in [-0.05, 0) is 30.1 Å². The summed E-state index contributed by atoms with van der Waals surface area (Å²) in [6.07, 6.45) is 2.18. The van der Waals surface area contributed by atoms with Gasteiger partial charge in [-0.25, -0.2) is 4.79 Å². The highest BCUT2D eigenvalue weighted by Gasteiger charge is 2.59. The van der Waals surface area contributed by atoms with Crippen LogP contribution in [0.2, 0.25) is 22.2 Å². The van der Waals surface area contributed by atoms with Crippen molar-refractivity contribution in [3.63, 3.8) is 0 Å². The van der Waals surface area contributed by atoms with Gasteiger partial charge in [-0.1, -0.05) is 67.5 Å². The molecule has 0 radical (unpaired) electrons. The molecule has 0 N–H and O–H groups in total. The number of rotatable bonds is 7. The van der Waals surface area contributed by atoms with Crippen LogP contribution in [0.1, 0.15) is 90.8 Å². The zero-order valence-electron chi connectivity index (χ0n) is 22.0. The largest absolute Gasteiger partial charge is 0.520 e. The number of hydrogen-bond donors (Lipinski definition) is 0. The molecule has 3 rings (SSSR count). The number of carbonyl (C=O) groups is 2. The van der Waals surface area contributed by atoms with E-state index >= 15 is 0 Å². The minimum atomic E-state index is -2.89. The molecule has 0 fully saturated rings. The van der Waals surface area contributed by atoms with Crippen LogP contribution < -0.4 is 4.43 Å². The lowest BCUT2D eigenvalue weighted by atomic mass is 9.97. The van der Waals surface area contributed by atoms with Crippen LogP contribution in [0.5, 0.6) is 5.75 Å². The Kier molecular flexibility index (Phi) is 7.97. The standard InChI is InChI=1S/C26H40O6Si2/c1-16(2)33(17(3)4)30-23-12-10-11-21(15-27)25(23)24(14-22-13-20(9)26(28)29-22)31-34(32-33,18(5)6)19(7)8/h10-13,15-19,22,24H,14H2,1-9H3. The van der Waals surface area contributed by atoms with Crippen LogP contribution in [-0.2, 0) is 18.1 Å². The molecule has 2 aliphatic heterocycles. The Hall–Kier alpha value is -1.75. The summed E-state index contributed by atoms with van der Waals surface area (Å²) >= 11 is 0. The molecule has 34 heavy (non-hydrogen) atoms. The van der Waals surface area contributed by atoms with E-state index in [0.717, 1.165) is 11.8 Å². The van der Waals surface area contributed by atoms with Crippen molar-refractivity contribution >= 4 is 29.4 Å². The Bertz CT molecular complexity index is 937. The number of esters is 1. The van der Waals surface area contributed by atoms with Gasteiger partial charge >= 0.3 is 23.1 Å². The van der Waals surface area contributed by atoms with Gasteiger partial charge in [0, 0.05) is 34.2 Å². The molecule has 1 aromatic rings. The van der Waals surface area contributed by atoms with E-state index in [4.69, 9.17) is 17.7 Å². The molecule has 2 unspecified atom stereocenters. The Morgan fingerprint density at radius 2 is 1.53 bits per heavy atom. The third-order valence-electron chi connectivity index (χ3n) is 7.15. The van der Waals surface area contributed by atoms with E-state index in [0.29, 0.717) is 23.3 Å². The number of fused-ring (bicyclic) bond motifs is 1. The summed E-state index contributed by atoms with van der Waals surface area (Å²) in [5.74, 6) is 0.332. The SMILES string of the molecule is CC1=CC(CC2O[Si](C(C)C)(C(C)C)O[Si](C(C)C)(C(C)C)Oc3cccc(C=O)c32)OC1=O. The van der Waals surface area contributed by atoms with E-state index in [-0.39, 0.29) is 28.1 Å².